The highest BCUT2D eigenvalue weighted by atomic mass is 35.5. The molecule has 2 aromatic rings. The SMILES string of the molecule is CC(C)NS(=O)(=O)c1ccc(NC(=O)C(C)OC(=O)C(C)NC(=O)c2ccccc2Cl)cc1. The molecule has 0 bridgehead atoms. The molecule has 2 aromatic carbocycles. The van der Waals surface area contributed by atoms with Gasteiger partial charge in [0.05, 0.1) is 15.5 Å². The van der Waals surface area contributed by atoms with Crippen molar-refractivity contribution in [2.24, 2.45) is 0 Å². The number of amides is 2. The zero-order chi connectivity index (χ0) is 24.8. The van der Waals surface area contributed by atoms with E-state index in [2.05, 4.69) is 15.4 Å². The Morgan fingerprint density at radius 1 is 0.939 bits per heavy atom. The Balaban J connectivity index is 1.92. The number of carbonyl (C=O) groups excluding carboxylic acids is 3. The van der Waals surface area contributed by atoms with E-state index in [-0.39, 0.29) is 21.5 Å². The molecule has 2 atom stereocenters. The minimum atomic E-state index is -3.65. The van der Waals surface area contributed by atoms with Crippen molar-refractivity contribution in [3.8, 4) is 0 Å². The van der Waals surface area contributed by atoms with Crippen molar-refractivity contribution in [3.05, 3.63) is 59.1 Å². The molecule has 0 aliphatic heterocycles. The van der Waals surface area contributed by atoms with Crippen molar-refractivity contribution in [2.45, 2.75) is 50.8 Å². The van der Waals surface area contributed by atoms with Crippen molar-refractivity contribution in [2.75, 3.05) is 5.32 Å². The average Bonchev–Trinajstić information content (AvgIpc) is 2.73. The molecule has 178 valence electrons. The topological polar surface area (TPSA) is 131 Å². The maximum absolute atomic E-state index is 12.4. The van der Waals surface area contributed by atoms with Crippen molar-refractivity contribution in [3.63, 3.8) is 0 Å². The summed E-state index contributed by atoms with van der Waals surface area (Å²) in [5, 5.41) is 5.25. The van der Waals surface area contributed by atoms with Crippen LogP contribution in [-0.4, -0.2) is 44.4 Å². The standard InChI is InChI=1S/C22H26ClN3O6S/c1-13(2)26-33(30,31)17-11-9-16(10-12-17)25-20(27)15(4)32-22(29)14(3)24-21(28)18-7-5-6-8-19(18)23/h5-15,26H,1-4H3,(H,24,28)(H,25,27). The molecule has 0 saturated carbocycles. The Morgan fingerprint density at radius 3 is 2.12 bits per heavy atom. The summed E-state index contributed by atoms with van der Waals surface area (Å²) in [4.78, 5) is 37.0. The van der Waals surface area contributed by atoms with Gasteiger partial charge in [0.1, 0.15) is 6.04 Å². The highest BCUT2D eigenvalue weighted by molar-refractivity contribution is 7.89. The number of benzene rings is 2. The van der Waals surface area contributed by atoms with Crippen LogP contribution in [0.5, 0.6) is 0 Å². The number of ether oxygens (including phenoxy) is 1. The van der Waals surface area contributed by atoms with Crippen molar-refractivity contribution in [1.29, 1.82) is 0 Å². The lowest BCUT2D eigenvalue weighted by Crippen LogP contribution is -2.42. The molecular formula is C22H26ClN3O6S. The van der Waals surface area contributed by atoms with E-state index in [1.165, 1.54) is 44.2 Å². The third-order valence-corrected chi connectivity index (χ3v) is 6.31. The van der Waals surface area contributed by atoms with Gasteiger partial charge in [-0.15, -0.1) is 0 Å². The molecule has 0 spiro atoms. The van der Waals surface area contributed by atoms with E-state index in [4.69, 9.17) is 16.3 Å². The fourth-order valence-electron chi connectivity index (χ4n) is 2.65. The fourth-order valence-corrected chi connectivity index (χ4v) is 4.12. The number of hydrogen-bond acceptors (Lipinski definition) is 6. The lowest BCUT2D eigenvalue weighted by Gasteiger charge is -2.18. The second-order valence-electron chi connectivity index (χ2n) is 7.54. The van der Waals surface area contributed by atoms with Crippen LogP contribution < -0.4 is 15.4 Å². The molecule has 0 radical (unpaired) electrons. The van der Waals surface area contributed by atoms with Crippen molar-refractivity contribution in [1.82, 2.24) is 10.0 Å². The van der Waals surface area contributed by atoms with Crippen LogP contribution in [0.2, 0.25) is 5.02 Å². The van der Waals surface area contributed by atoms with E-state index in [1.807, 2.05) is 0 Å². The van der Waals surface area contributed by atoms with Crippen LogP contribution in [0.15, 0.2) is 53.4 Å². The number of sulfonamides is 1. The summed E-state index contributed by atoms with van der Waals surface area (Å²) in [7, 11) is -3.65. The largest absolute Gasteiger partial charge is 0.451 e. The average molecular weight is 496 g/mol. The first kappa shape index (κ1) is 26.3. The highest BCUT2D eigenvalue weighted by Gasteiger charge is 2.24. The summed E-state index contributed by atoms with van der Waals surface area (Å²) < 4.78 is 31.9. The van der Waals surface area contributed by atoms with E-state index in [1.54, 1.807) is 32.0 Å². The van der Waals surface area contributed by atoms with Gasteiger partial charge in [-0.2, -0.15) is 0 Å². The second kappa shape index (κ2) is 11.3. The third kappa shape index (κ3) is 7.55. The summed E-state index contributed by atoms with van der Waals surface area (Å²) in [5.41, 5.74) is 0.533. The summed E-state index contributed by atoms with van der Waals surface area (Å²) in [6.45, 7) is 6.21. The molecule has 11 heteroatoms. The molecule has 0 fully saturated rings. The lowest BCUT2D eigenvalue weighted by molar-refractivity contribution is -0.154. The Bertz CT molecular complexity index is 1120. The lowest BCUT2D eigenvalue weighted by atomic mass is 10.2. The van der Waals surface area contributed by atoms with Crippen molar-refractivity contribution < 1.29 is 27.5 Å². The van der Waals surface area contributed by atoms with Crippen LogP contribution in [0.3, 0.4) is 0 Å². The van der Waals surface area contributed by atoms with E-state index < -0.39 is 40.0 Å². The predicted molar refractivity (Wildman–Crippen MR) is 124 cm³/mol. The quantitative estimate of drug-likeness (QED) is 0.458. The van der Waals surface area contributed by atoms with E-state index in [9.17, 15) is 22.8 Å². The normalized spacial score (nSPS) is 13.2. The van der Waals surface area contributed by atoms with Crippen LogP contribution in [0, 0.1) is 0 Å². The van der Waals surface area contributed by atoms with Gasteiger partial charge in [-0.3, -0.25) is 9.59 Å². The van der Waals surface area contributed by atoms with Gasteiger partial charge in [0, 0.05) is 11.7 Å². The predicted octanol–water partition coefficient (Wildman–Crippen LogP) is 2.72. The third-order valence-electron chi connectivity index (χ3n) is 4.30. The first-order chi connectivity index (χ1) is 15.4. The molecule has 3 N–H and O–H groups in total. The zero-order valence-corrected chi connectivity index (χ0v) is 20.2. The number of halogens is 1. The van der Waals surface area contributed by atoms with Gasteiger partial charge < -0.3 is 15.4 Å². The molecule has 0 aliphatic carbocycles. The number of carbonyl (C=O) groups is 3. The van der Waals surface area contributed by atoms with Gasteiger partial charge in [0.2, 0.25) is 10.0 Å². The zero-order valence-electron chi connectivity index (χ0n) is 18.6. The number of esters is 1. The number of rotatable bonds is 9. The van der Waals surface area contributed by atoms with Crippen LogP contribution in [0.1, 0.15) is 38.1 Å². The molecule has 0 aromatic heterocycles. The fraction of sp³-hybridized carbons (Fsp3) is 0.318. The van der Waals surface area contributed by atoms with Gasteiger partial charge in [-0.25, -0.2) is 17.9 Å². The minimum Gasteiger partial charge on any atom is -0.451 e. The van der Waals surface area contributed by atoms with Crippen LogP contribution in [0.4, 0.5) is 5.69 Å². The molecule has 2 unspecified atom stereocenters. The Labute approximate surface area is 197 Å². The molecule has 33 heavy (non-hydrogen) atoms. The Kier molecular flexibility index (Phi) is 8.98. The first-order valence-corrected chi connectivity index (χ1v) is 12.0. The van der Waals surface area contributed by atoms with Gasteiger partial charge in [-0.05, 0) is 64.1 Å². The molecule has 2 amide bonds. The summed E-state index contributed by atoms with van der Waals surface area (Å²) in [6, 6.07) is 10.6. The Hall–Kier alpha value is -2.95. The first-order valence-electron chi connectivity index (χ1n) is 10.1. The monoisotopic (exact) mass is 495 g/mol. The second-order valence-corrected chi connectivity index (χ2v) is 9.66. The minimum absolute atomic E-state index is 0.0526. The number of nitrogens with one attached hydrogen (secondary N) is 3. The van der Waals surface area contributed by atoms with E-state index in [0.29, 0.717) is 5.69 Å². The van der Waals surface area contributed by atoms with Gasteiger partial charge in [-0.1, -0.05) is 23.7 Å². The van der Waals surface area contributed by atoms with E-state index in [0.717, 1.165) is 0 Å². The highest BCUT2D eigenvalue weighted by Crippen LogP contribution is 2.16. The summed E-state index contributed by atoms with van der Waals surface area (Å²) in [6.07, 6.45) is -1.16. The van der Waals surface area contributed by atoms with Crippen molar-refractivity contribution >= 4 is 45.1 Å². The molecule has 0 heterocycles. The number of anilines is 1. The summed E-state index contributed by atoms with van der Waals surface area (Å²) >= 11 is 5.97. The van der Waals surface area contributed by atoms with Crippen LogP contribution >= 0.6 is 11.6 Å². The van der Waals surface area contributed by atoms with Gasteiger partial charge in [0.25, 0.3) is 11.8 Å². The maximum atomic E-state index is 12.4. The van der Waals surface area contributed by atoms with Crippen LogP contribution in [0.25, 0.3) is 0 Å². The smallest absolute Gasteiger partial charge is 0.329 e. The molecule has 9 nitrogen and oxygen atoms in total. The van der Waals surface area contributed by atoms with Crippen LogP contribution in [-0.2, 0) is 24.3 Å². The molecule has 0 saturated heterocycles. The number of hydrogen-bond donors (Lipinski definition) is 3. The molecular weight excluding hydrogens is 470 g/mol. The Morgan fingerprint density at radius 2 is 1.55 bits per heavy atom. The summed E-state index contributed by atoms with van der Waals surface area (Å²) in [5.74, 6) is -1.98. The van der Waals surface area contributed by atoms with E-state index >= 15 is 0 Å². The maximum Gasteiger partial charge on any atom is 0.329 e. The molecule has 0 aliphatic rings. The van der Waals surface area contributed by atoms with Gasteiger partial charge >= 0.3 is 5.97 Å². The van der Waals surface area contributed by atoms with Gasteiger partial charge in [0.15, 0.2) is 6.10 Å². The molecule has 2 rings (SSSR count).